The molecule has 0 aliphatic rings. The molecule has 0 bridgehead atoms. The van der Waals surface area contributed by atoms with Crippen LogP contribution in [0.3, 0.4) is 0 Å². The van der Waals surface area contributed by atoms with Crippen molar-refractivity contribution in [2.24, 2.45) is 0 Å². The van der Waals surface area contributed by atoms with Gasteiger partial charge in [0.05, 0.1) is 6.20 Å². The Morgan fingerprint density at radius 1 is 1.04 bits per heavy atom. The van der Waals surface area contributed by atoms with Crippen molar-refractivity contribution < 1.29 is 4.79 Å². The average Bonchev–Trinajstić information content (AvgIpc) is 3.17. The predicted octanol–water partition coefficient (Wildman–Crippen LogP) is 3.84. The Labute approximate surface area is 156 Å². The minimum absolute atomic E-state index is 0.246. The first-order valence-corrected chi connectivity index (χ1v) is 9.08. The summed E-state index contributed by atoms with van der Waals surface area (Å²) >= 11 is 1.57. The van der Waals surface area contributed by atoms with Crippen LogP contribution in [0.2, 0.25) is 0 Å². The number of amides is 2. The van der Waals surface area contributed by atoms with Crippen molar-refractivity contribution in [3.05, 3.63) is 77.6 Å². The van der Waals surface area contributed by atoms with Crippen molar-refractivity contribution in [3.8, 4) is 0 Å². The van der Waals surface area contributed by atoms with Gasteiger partial charge in [0, 0.05) is 35.4 Å². The van der Waals surface area contributed by atoms with E-state index in [0.717, 1.165) is 22.7 Å². The zero-order chi connectivity index (χ0) is 18.2. The molecule has 26 heavy (non-hydrogen) atoms. The lowest BCUT2D eigenvalue weighted by atomic mass is 10.2. The maximum atomic E-state index is 11.9. The van der Waals surface area contributed by atoms with Gasteiger partial charge >= 0.3 is 6.03 Å². The number of anilines is 1. The quantitative estimate of drug-likeness (QED) is 0.478. The third-order valence-electron chi connectivity index (χ3n) is 3.71. The highest BCUT2D eigenvalue weighted by molar-refractivity contribution is 7.97. The van der Waals surface area contributed by atoms with Gasteiger partial charge in [-0.25, -0.2) is 4.79 Å². The van der Waals surface area contributed by atoms with Gasteiger partial charge in [-0.2, -0.15) is 5.10 Å². The van der Waals surface area contributed by atoms with Crippen molar-refractivity contribution in [2.75, 3.05) is 5.32 Å². The first-order chi connectivity index (χ1) is 12.7. The van der Waals surface area contributed by atoms with E-state index in [1.165, 1.54) is 11.1 Å². The Morgan fingerprint density at radius 3 is 2.50 bits per heavy atom. The van der Waals surface area contributed by atoms with Crippen molar-refractivity contribution in [3.63, 3.8) is 0 Å². The Balaban J connectivity index is 1.41. The third-order valence-corrected chi connectivity index (χ3v) is 4.50. The van der Waals surface area contributed by atoms with E-state index in [-0.39, 0.29) is 6.03 Å². The van der Waals surface area contributed by atoms with Crippen LogP contribution >= 0.6 is 11.9 Å². The number of H-pyrrole nitrogens is 1. The molecule has 3 aromatic rings. The van der Waals surface area contributed by atoms with Crippen LogP contribution < -0.4 is 15.4 Å². The van der Waals surface area contributed by atoms with Gasteiger partial charge in [0.15, 0.2) is 0 Å². The maximum absolute atomic E-state index is 11.9. The topological polar surface area (TPSA) is 81.8 Å². The molecule has 6 nitrogen and oxygen atoms in total. The van der Waals surface area contributed by atoms with E-state index >= 15 is 0 Å². The molecule has 4 N–H and O–H groups in total. The Bertz CT molecular complexity index is 816. The molecule has 0 saturated heterocycles. The van der Waals surface area contributed by atoms with Crippen molar-refractivity contribution in [2.45, 2.75) is 24.9 Å². The highest BCUT2D eigenvalue weighted by Crippen LogP contribution is 2.18. The summed E-state index contributed by atoms with van der Waals surface area (Å²) in [6, 6.07) is 15.9. The van der Waals surface area contributed by atoms with Crippen LogP contribution in [0, 0.1) is 6.92 Å². The highest BCUT2D eigenvalue weighted by Gasteiger charge is 2.03. The van der Waals surface area contributed by atoms with Crippen LogP contribution in [0.1, 0.15) is 16.7 Å². The second kappa shape index (κ2) is 9.07. The molecule has 2 aromatic carbocycles. The van der Waals surface area contributed by atoms with Crippen molar-refractivity contribution in [1.29, 1.82) is 0 Å². The van der Waals surface area contributed by atoms with Gasteiger partial charge in [0.25, 0.3) is 0 Å². The van der Waals surface area contributed by atoms with Gasteiger partial charge in [0.2, 0.25) is 0 Å². The van der Waals surface area contributed by atoms with Gasteiger partial charge in [0.1, 0.15) is 0 Å². The number of aromatic amines is 1. The summed E-state index contributed by atoms with van der Waals surface area (Å²) in [5.41, 5.74) is 4.18. The molecule has 0 radical (unpaired) electrons. The minimum atomic E-state index is -0.246. The lowest BCUT2D eigenvalue weighted by Crippen LogP contribution is -2.27. The summed E-state index contributed by atoms with van der Waals surface area (Å²) in [4.78, 5) is 13.0. The minimum Gasteiger partial charge on any atom is -0.334 e. The molecule has 0 aliphatic carbocycles. The van der Waals surface area contributed by atoms with Gasteiger partial charge < -0.3 is 10.6 Å². The lowest BCUT2D eigenvalue weighted by molar-refractivity contribution is 0.251. The molecule has 0 aliphatic heterocycles. The summed E-state index contributed by atoms with van der Waals surface area (Å²) in [5.74, 6) is 0. The standard InChI is InChI=1S/C19H21N5OS/c1-14-2-4-15(5-3-14)13-23-26-18-8-6-17(7-9-18)24-19(25)20-10-16-11-21-22-12-16/h2-9,11-12,23H,10,13H2,1H3,(H,21,22)(H2,20,24,25). The molecule has 3 rings (SSSR count). The number of carbonyl (C=O) groups is 1. The Hall–Kier alpha value is -2.77. The second-order valence-corrected chi connectivity index (χ2v) is 6.81. The van der Waals surface area contributed by atoms with Crippen LogP contribution in [0.4, 0.5) is 10.5 Å². The van der Waals surface area contributed by atoms with Crippen LogP contribution in [0.5, 0.6) is 0 Å². The molecule has 0 unspecified atom stereocenters. The predicted molar refractivity (Wildman–Crippen MR) is 105 cm³/mol. The largest absolute Gasteiger partial charge is 0.334 e. The van der Waals surface area contributed by atoms with Gasteiger partial charge in [-0.05, 0) is 48.7 Å². The Kier molecular flexibility index (Phi) is 6.29. The summed E-state index contributed by atoms with van der Waals surface area (Å²) in [6.07, 6.45) is 3.42. The molecule has 1 heterocycles. The number of nitrogens with zero attached hydrogens (tertiary/aromatic N) is 1. The van der Waals surface area contributed by atoms with Gasteiger partial charge in [-0.1, -0.05) is 29.8 Å². The van der Waals surface area contributed by atoms with E-state index in [1.807, 2.05) is 24.3 Å². The molecule has 0 saturated carbocycles. The molecule has 7 heteroatoms. The zero-order valence-corrected chi connectivity index (χ0v) is 15.3. The second-order valence-electron chi connectivity index (χ2n) is 5.85. The summed E-state index contributed by atoms with van der Waals surface area (Å²) < 4.78 is 3.34. The number of urea groups is 1. The molecule has 134 valence electrons. The summed E-state index contributed by atoms with van der Waals surface area (Å²) in [7, 11) is 0. The number of nitrogens with one attached hydrogen (secondary N) is 4. The van der Waals surface area contributed by atoms with E-state index in [0.29, 0.717) is 6.54 Å². The number of hydrogen-bond donors (Lipinski definition) is 4. The van der Waals surface area contributed by atoms with E-state index in [2.05, 4.69) is 56.7 Å². The number of rotatable bonds is 7. The molecule has 0 atom stereocenters. The SMILES string of the molecule is Cc1ccc(CNSc2ccc(NC(=O)NCc3cn[nH]c3)cc2)cc1. The van der Waals surface area contributed by atoms with E-state index < -0.39 is 0 Å². The van der Waals surface area contributed by atoms with Crippen LogP contribution in [-0.2, 0) is 13.1 Å². The number of carbonyl (C=O) groups excluding carboxylic acids is 1. The first-order valence-electron chi connectivity index (χ1n) is 8.27. The van der Waals surface area contributed by atoms with Gasteiger partial charge in [-0.15, -0.1) is 0 Å². The number of aryl methyl sites for hydroxylation is 1. The zero-order valence-electron chi connectivity index (χ0n) is 14.5. The normalized spacial score (nSPS) is 10.5. The summed E-state index contributed by atoms with van der Waals surface area (Å²) in [5, 5.41) is 12.1. The molecular formula is C19H21N5OS. The van der Waals surface area contributed by atoms with Crippen LogP contribution in [0.25, 0.3) is 0 Å². The maximum Gasteiger partial charge on any atom is 0.319 e. The highest BCUT2D eigenvalue weighted by atomic mass is 32.2. The number of aromatic nitrogens is 2. The third kappa shape index (κ3) is 5.65. The fourth-order valence-electron chi connectivity index (χ4n) is 2.25. The monoisotopic (exact) mass is 367 g/mol. The Morgan fingerprint density at radius 2 is 1.81 bits per heavy atom. The average molecular weight is 367 g/mol. The van der Waals surface area contributed by atoms with Crippen molar-refractivity contribution in [1.82, 2.24) is 20.2 Å². The lowest BCUT2D eigenvalue weighted by Gasteiger charge is -2.08. The van der Waals surface area contributed by atoms with Crippen molar-refractivity contribution >= 4 is 23.7 Å². The fourth-order valence-corrected chi connectivity index (χ4v) is 2.92. The molecular weight excluding hydrogens is 346 g/mol. The van der Waals surface area contributed by atoms with Crippen LogP contribution in [-0.4, -0.2) is 16.2 Å². The van der Waals surface area contributed by atoms with Crippen LogP contribution in [0.15, 0.2) is 65.8 Å². The number of hydrogen-bond acceptors (Lipinski definition) is 4. The van der Waals surface area contributed by atoms with Gasteiger partial charge in [-0.3, -0.25) is 9.82 Å². The molecule has 1 aromatic heterocycles. The van der Waals surface area contributed by atoms with E-state index in [1.54, 1.807) is 24.3 Å². The molecule has 0 fully saturated rings. The smallest absolute Gasteiger partial charge is 0.319 e. The summed E-state index contributed by atoms with van der Waals surface area (Å²) in [6.45, 7) is 3.31. The van der Waals surface area contributed by atoms with E-state index in [9.17, 15) is 4.79 Å². The van der Waals surface area contributed by atoms with E-state index in [4.69, 9.17) is 0 Å². The molecule has 0 spiro atoms. The first kappa shape index (κ1) is 18.0. The molecule has 2 amide bonds. The fraction of sp³-hybridized carbons (Fsp3) is 0.158. The number of benzene rings is 2.